The van der Waals surface area contributed by atoms with Crippen LogP contribution in [0.1, 0.15) is 39.1 Å². The zero-order chi connectivity index (χ0) is 17.3. The third-order valence-electron chi connectivity index (χ3n) is 4.37. The molecule has 0 aromatic heterocycles. The van der Waals surface area contributed by atoms with E-state index >= 15 is 0 Å². The zero-order valence-corrected chi connectivity index (χ0v) is 13.3. The third-order valence-corrected chi connectivity index (χ3v) is 4.37. The molecule has 7 nitrogen and oxygen atoms in total. The molecule has 1 N–H and O–H groups in total. The van der Waals surface area contributed by atoms with Crippen LogP contribution in [0.2, 0.25) is 0 Å². The first-order chi connectivity index (χ1) is 11.5. The van der Waals surface area contributed by atoms with Crippen LogP contribution in [-0.2, 0) is 9.53 Å². The van der Waals surface area contributed by atoms with E-state index < -0.39 is 29.8 Å². The molecule has 24 heavy (non-hydrogen) atoms. The van der Waals surface area contributed by atoms with Gasteiger partial charge in [0.25, 0.3) is 11.8 Å². The highest BCUT2D eigenvalue weighted by atomic mass is 16.5. The quantitative estimate of drug-likeness (QED) is 0.827. The smallest absolute Gasteiger partial charge is 0.262 e. The number of nitrogens with zero attached hydrogens (tertiary/aromatic N) is 2. The lowest BCUT2D eigenvalue weighted by atomic mass is 9.92. The number of hydrogen-bond donors (Lipinski definition) is 1. The van der Waals surface area contributed by atoms with Gasteiger partial charge in [-0.25, -0.2) is 0 Å². The summed E-state index contributed by atoms with van der Waals surface area (Å²) >= 11 is 0. The fraction of sp³-hybridized carbons (Fsp3) is 0.412. The predicted molar refractivity (Wildman–Crippen MR) is 83.1 cm³/mol. The molecule has 0 bridgehead atoms. The Balaban J connectivity index is 1.73. The maximum Gasteiger partial charge on any atom is 0.262 e. The summed E-state index contributed by atoms with van der Waals surface area (Å²) in [7, 11) is 0. The van der Waals surface area contributed by atoms with E-state index in [9.17, 15) is 19.6 Å². The fourth-order valence-corrected chi connectivity index (χ4v) is 2.98. The zero-order valence-electron chi connectivity index (χ0n) is 13.3. The molecular weight excluding hydrogens is 310 g/mol. The molecule has 7 heteroatoms. The maximum atomic E-state index is 12.4. The van der Waals surface area contributed by atoms with Crippen LogP contribution in [-0.4, -0.2) is 47.9 Å². The minimum Gasteiger partial charge on any atom is -0.381 e. The van der Waals surface area contributed by atoms with Crippen molar-refractivity contribution in [2.75, 3.05) is 19.8 Å². The normalized spacial score (nSPS) is 18.9. The van der Waals surface area contributed by atoms with Crippen molar-refractivity contribution < 1.29 is 19.1 Å². The fourth-order valence-electron chi connectivity index (χ4n) is 2.98. The Bertz CT molecular complexity index is 760. The van der Waals surface area contributed by atoms with Crippen molar-refractivity contribution in [3.05, 3.63) is 34.9 Å². The molecule has 0 spiro atoms. The van der Waals surface area contributed by atoms with E-state index in [1.54, 1.807) is 18.2 Å². The van der Waals surface area contributed by atoms with Crippen LogP contribution < -0.4 is 5.32 Å². The molecular formula is C17H17N3O4. The number of hydrogen-bond acceptors (Lipinski definition) is 5. The van der Waals surface area contributed by atoms with Gasteiger partial charge < -0.3 is 10.1 Å². The van der Waals surface area contributed by atoms with Crippen molar-refractivity contribution in [1.82, 2.24) is 10.2 Å². The van der Waals surface area contributed by atoms with Gasteiger partial charge in [0.1, 0.15) is 12.1 Å². The molecule has 1 saturated heterocycles. The summed E-state index contributed by atoms with van der Waals surface area (Å²) in [5, 5.41) is 12.0. The van der Waals surface area contributed by atoms with E-state index in [0.29, 0.717) is 37.2 Å². The van der Waals surface area contributed by atoms with Crippen molar-refractivity contribution in [2.24, 2.45) is 0 Å². The molecule has 0 aliphatic carbocycles. The van der Waals surface area contributed by atoms with Crippen LogP contribution in [0.25, 0.3) is 0 Å². The highest BCUT2D eigenvalue weighted by molar-refractivity contribution is 6.22. The number of carbonyl (C=O) groups is 3. The van der Waals surface area contributed by atoms with Crippen LogP contribution in [0.15, 0.2) is 18.2 Å². The minimum absolute atomic E-state index is 0.305. The molecule has 1 aromatic rings. The number of ether oxygens (including phenoxy) is 1. The van der Waals surface area contributed by atoms with Gasteiger partial charge in [0.2, 0.25) is 5.91 Å². The lowest BCUT2D eigenvalue weighted by Gasteiger charge is -2.31. The van der Waals surface area contributed by atoms with Gasteiger partial charge in [-0.2, -0.15) is 5.26 Å². The van der Waals surface area contributed by atoms with Crippen LogP contribution in [0, 0.1) is 18.3 Å². The van der Waals surface area contributed by atoms with Gasteiger partial charge in [-0.15, -0.1) is 0 Å². The molecule has 3 rings (SSSR count). The lowest BCUT2D eigenvalue weighted by Crippen LogP contribution is -2.53. The number of carbonyl (C=O) groups excluding carboxylic acids is 3. The van der Waals surface area contributed by atoms with Gasteiger partial charge in [0.05, 0.1) is 17.2 Å². The highest BCUT2D eigenvalue weighted by Gasteiger charge is 2.39. The van der Waals surface area contributed by atoms with Crippen LogP contribution >= 0.6 is 0 Å². The molecule has 3 amide bonds. The molecule has 2 aliphatic rings. The molecule has 2 aliphatic heterocycles. The third kappa shape index (κ3) is 2.76. The maximum absolute atomic E-state index is 12.4. The van der Waals surface area contributed by atoms with Crippen molar-refractivity contribution in [2.45, 2.75) is 25.3 Å². The molecule has 2 heterocycles. The number of rotatable bonds is 3. The highest BCUT2D eigenvalue weighted by Crippen LogP contribution is 2.24. The predicted octanol–water partition coefficient (Wildman–Crippen LogP) is 0.780. The van der Waals surface area contributed by atoms with Crippen molar-refractivity contribution in [3.63, 3.8) is 0 Å². The van der Waals surface area contributed by atoms with Gasteiger partial charge in [-0.3, -0.25) is 19.3 Å². The van der Waals surface area contributed by atoms with Gasteiger partial charge >= 0.3 is 0 Å². The number of fused-ring (bicyclic) bond motifs is 1. The molecule has 0 radical (unpaired) electrons. The first-order valence-electron chi connectivity index (χ1n) is 7.73. The van der Waals surface area contributed by atoms with Gasteiger partial charge in [-0.05, 0) is 19.1 Å². The lowest BCUT2D eigenvalue weighted by molar-refractivity contribution is -0.123. The molecule has 1 aromatic carbocycles. The number of benzene rings is 1. The Morgan fingerprint density at radius 1 is 1.29 bits per heavy atom. The summed E-state index contributed by atoms with van der Waals surface area (Å²) in [5.74, 6) is -1.49. The largest absolute Gasteiger partial charge is 0.381 e. The molecule has 0 saturated carbocycles. The van der Waals surface area contributed by atoms with E-state index in [1.807, 2.05) is 6.92 Å². The Hall–Kier alpha value is -2.72. The summed E-state index contributed by atoms with van der Waals surface area (Å²) in [6.45, 7) is 2.21. The minimum atomic E-state index is -0.995. The van der Waals surface area contributed by atoms with Crippen LogP contribution in [0.3, 0.4) is 0 Å². The van der Waals surface area contributed by atoms with Crippen molar-refractivity contribution in [1.29, 1.82) is 5.26 Å². The Morgan fingerprint density at radius 3 is 2.62 bits per heavy atom. The summed E-state index contributed by atoms with van der Waals surface area (Å²) in [6, 6.07) is 7.11. The molecule has 124 valence electrons. The topological polar surface area (TPSA) is 99.5 Å². The Morgan fingerprint density at radius 2 is 1.96 bits per heavy atom. The summed E-state index contributed by atoms with van der Waals surface area (Å²) in [6.07, 6.45) is 0.771. The summed E-state index contributed by atoms with van der Waals surface area (Å²) < 4.78 is 5.21. The van der Waals surface area contributed by atoms with E-state index in [1.165, 1.54) is 0 Å². The molecule has 0 unspecified atom stereocenters. The van der Waals surface area contributed by atoms with E-state index in [4.69, 9.17) is 4.74 Å². The molecule has 1 fully saturated rings. The first-order valence-corrected chi connectivity index (χ1v) is 7.73. The number of imide groups is 1. The summed E-state index contributed by atoms with van der Waals surface area (Å²) in [4.78, 5) is 37.9. The van der Waals surface area contributed by atoms with Crippen LogP contribution in [0.4, 0.5) is 0 Å². The standard InChI is InChI=1S/C17H17N3O4/c1-11-2-3-12-13(8-11)16(23)20(15(12)22)9-14(21)19-17(10-18)4-6-24-7-5-17/h2-3,8H,4-7,9H2,1H3,(H,19,21). The monoisotopic (exact) mass is 327 g/mol. The van der Waals surface area contributed by atoms with Gasteiger partial charge in [0.15, 0.2) is 0 Å². The second-order valence-electron chi connectivity index (χ2n) is 6.10. The van der Waals surface area contributed by atoms with E-state index in [-0.39, 0.29) is 0 Å². The molecule has 0 atom stereocenters. The number of nitrogens with one attached hydrogen (secondary N) is 1. The van der Waals surface area contributed by atoms with Gasteiger partial charge in [0, 0.05) is 26.1 Å². The van der Waals surface area contributed by atoms with E-state index in [0.717, 1.165) is 10.5 Å². The van der Waals surface area contributed by atoms with Gasteiger partial charge in [-0.1, -0.05) is 11.6 Å². The SMILES string of the molecule is Cc1ccc2c(c1)C(=O)N(CC(=O)NC1(C#N)CCOCC1)C2=O. The average molecular weight is 327 g/mol. The first kappa shape index (κ1) is 16.1. The Labute approximate surface area is 139 Å². The average Bonchev–Trinajstić information content (AvgIpc) is 2.80. The Kier molecular flexibility index (Phi) is 4.08. The number of nitriles is 1. The second-order valence-corrected chi connectivity index (χ2v) is 6.10. The summed E-state index contributed by atoms with van der Waals surface area (Å²) in [5.41, 5.74) is 0.491. The number of aryl methyl sites for hydroxylation is 1. The van der Waals surface area contributed by atoms with Crippen LogP contribution in [0.5, 0.6) is 0 Å². The van der Waals surface area contributed by atoms with E-state index in [2.05, 4.69) is 11.4 Å². The second kappa shape index (κ2) is 6.06. The number of amides is 3. The van der Waals surface area contributed by atoms with Crippen molar-refractivity contribution in [3.8, 4) is 6.07 Å². The van der Waals surface area contributed by atoms with Crippen molar-refractivity contribution >= 4 is 17.7 Å².